The molecule has 7 heteroatoms. The van der Waals surface area contributed by atoms with Crippen molar-refractivity contribution in [1.29, 1.82) is 0 Å². The molecule has 0 aromatic carbocycles. The first kappa shape index (κ1) is 15.6. The van der Waals surface area contributed by atoms with Crippen LogP contribution < -0.4 is 10.6 Å². The fourth-order valence-electron chi connectivity index (χ4n) is 2.64. The molecule has 3 amide bonds. The van der Waals surface area contributed by atoms with Gasteiger partial charge in [-0.25, -0.2) is 9.59 Å². The fraction of sp³-hybridized carbons (Fsp3) is 0.786. The summed E-state index contributed by atoms with van der Waals surface area (Å²) < 4.78 is 0. The van der Waals surface area contributed by atoms with Gasteiger partial charge in [-0.15, -0.1) is 0 Å². The summed E-state index contributed by atoms with van der Waals surface area (Å²) in [7, 11) is 1.50. The Morgan fingerprint density at radius 2 is 1.81 bits per heavy atom. The number of nitrogens with one attached hydrogen (secondary N) is 2. The summed E-state index contributed by atoms with van der Waals surface area (Å²) in [5.41, 5.74) is -1.18. The highest BCUT2D eigenvalue weighted by Gasteiger charge is 2.41. The highest BCUT2D eigenvalue weighted by Crippen LogP contribution is 2.28. The average molecular weight is 297 g/mol. The van der Waals surface area contributed by atoms with Crippen molar-refractivity contribution in [1.82, 2.24) is 15.5 Å². The maximum absolute atomic E-state index is 12.1. The van der Waals surface area contributed by atoms with Crippen LogP contribution in [-0.2, 0) is 9.59 Å². The Balaban J connectivity index is 1.88. The summed E-state index contributed by atoms with van der Waals surface area (Å²) in [6, 6.07) is -0.261. The average Bonchev–Trinajstić information content (AvgIpc) is 3.23. The number of amides is 3. The Hall–Kier alpha value is -1.79. The molecule has 7 nitrogen and oxygen atoms in total. The van der Waals surface area contributed by atoms with Gasteiger partial charge >= 0.3 is 12.0 Å². The molecule has 0 spiro atoms. The van der Waals surface area contributed by atoms with Crippen molar-refractivity contribution in [3.63, 3.8) is 0 Å². The smallest absolute Gasteiger partial charge is 0.329 e. The number of hydrogen-bond donors (Lipinski definition) is 3. The van der Waals surface area contributed by atoms with Gasteiger partial charge in [0.15, 0.2) is 0 Å². The zero-order chi connectivity index (χ0) is 15.5. The zero-order valence-corrected chi connectivity index (χ0v) is 12.4. The van der Waals surface area contributed by atoms with E-state index in [9.17, 15) is 19.5 Å². The van der Waals surface area contributed by atoms with Crippen LogP contribution in [0.25, 0.3) is 0 Å². The first-order chi connectivity index (χ1) is 9.93. The summed E-state index contributed by atoms with van der Waals surface area (Å²) >= 11 is 0. The van der Waals surface area contributed by atoms with Crippen LogP contribution in [0.3, 0.4) is 0 Å². The second-order valence-electron chi connectivity index (χ2n) is 6.08. The molecule has 2 rings (SSSR count). The van der Waals surface area contributed by atoms with Gasteiger partial charge in [-0.1, -0.05) is 19.3 Å². The third-order valence-corrected chi connectivity index (χ3v) is 4.13. The molecule has 0 saturated heterocycles. The standard InChI is InChI=1S/C14H23N3O4/c1-17(9-11(18)15-10-5-6-10)13(21)16-14(12(19)20)7-3-2-4-8-14/h10H,2-9H2,1H3,(H,15,18)(H,16,21)(H,19,20). The van der Waals surface area contributed by atoms with Crippen LogP contribution in [0.4, 0.5) is 4.79 Å². The summed E-state index contributed by atoms with van der Waals surface area (Å²) in [4.78, 5) is 36.5. The van der Waals surface area contributed by atoms with E-state index in [1.165, 1.54) is 11.9 Å². The van der Waals surface area contributed by atoms with Crippen molar-refractivity contribution >= 4 is 17.9 Å². The van der Waals surface area contributed by atoms with E-state index in [2.05, 4.69) is 10.6 Å². The first-order valence-electron chi connectivity index (χ1n) is 7.49. The second kappa shape index (κ2) is 6.32. The Labute approximate surface area is 124 Å². The lowest BCUT2D eigenvalue weighted by Gasteiger charge is -2.35. The van der Waals surface area contributed by atoms with Gasteiger partial charge in [0.05, 0.1) is 0 Å². The van der Waals surface area contributed by atoms with Gasteiger partial charge in [0.2, 0.25) is 5.91 Å². The molecule has 2 saturated carbocycles. The molecule has 21 heavy (non-hydrogen) atoms. The number of carbonyl (C=O) groups excluding carboxylic acids is 2. The molecule has 0 aliphatic heterocycles. The molecule has 2 aliphatic carbocycles. The van der Waals surface area contributed by atoms with Crippen LogP contribution in [0, 0.1) is 0 Å². The van der Waals surface area contributed by atoms with Gasteiger partial charge in [0, 0.05) is 13.1 Å². The van der Waals surface area contributed by atoms with E-state index in [4.69, 9.17) is 0 Å². The Kier molecular flexibility index (Phi) is 4.69. The summed E-state index contributed by atoms with van der Waals surface area (Å²) in [6.45, 7) is -0.0575. The number of carbonyl (C=O) groups is 3. The van der Waals surface area contributed by atoms with Crippen molar-refractivity contribution in [3.8, 4) is 0 Å². The molecule has 0 atom stereocenters. The fourth-order valence-corrected chi connectivity index (χ4v) is 2.64. The molecule has 0 unspecified atom stereocenters. The maximum Gasteiger partial charge on any atom is 0.329 e. The van der Waals surface area contributed by atoms with Crippen molar-refractivity contribution in [2.75, 3.05) is 13.6 Å². The molecule has 3 N–H and O–H groups in total. The number of likely N-dealkylation sites (N-methyl/N-ethyl adjacent to an activating group) is 1. The molecule has 0 heterocycles. The number of nitrogens with zero attached hydrogens (tertiary/aromatic N) is 1. The predicted molar refractivity (Wildman–Crippen MR) is 75.8 cm³/mol. The lowest BCUT2D eigenvalue weighted by Crippen LogP contribution is -2.59. The minimum atomic E-state index is -1.18. The second-order valence-corrected chi connectivity index (χ2v) is 6.08. The van der Waals surface area contributed by atoms with Crippen LogP contribution >= 0.6 is 0 Å². The van der Waals surface area contributed by atoms with E-state index >= 15 is 0 Å². The van der Waals surface area contributed by atoms with Crippen LogP contribution in [0.5, 0.6) is 0 Å². The molecule has 118 valence electrons. The Morgan fingerprint density at radius 3 is 2.33 bits per heavy atom. The normalized spacial score (nSPS) is 20.4. The quantitative estimate of drug-likeness (QED) is 0.695. The van der Waals surface area contributed by atoms with Gasteiger partial charge in [-0.05, 0) is 25.7 Å². The third kappa shape index (κ3) is 4.09. The van der Waals surface area contributed by atoms with Gasteiger partial charge in [0.25, 0.3) is 0 Å². The monoisotopic (exact) mass is 297 g/mol. The first-order valence-corrected chi connectivity index (χ1v) is 7.49. The molecule has 2 fully saturated rings. The maximum atomic E-state index is 12.1. The summed E-state index contributed by atoms with van der Waals surface area (Å²) in [5, 5.41) is 14.8. The van der Waals surface area contributed by atoms with Gasteiger partial charge in [-0.2, -0.15) is 0 Å². The third-order valence-electron chi connectivity index (χ3n) is 4.13. The zero-order valence-electron chi connectivity index (χ0n) is 12.4. The molecule has 0 aromatic heterocycles. The molecule has 0 radical (unpaired) electrons. The van der Waals surface area contributed by atoms with E-state index in [0.717, 1.165) is 32.1 Å². The molecule has 0 bridgehead atoms. The Morgan fingerprint density at radius 1 is 1.19 bits per heavy atom. The lowest BCUT2D eigenvalue weighted by atomic mass is 9.82. The molecular formula is C14H23N3O4. The number of urea groups is 1. The van der Waals surface area contributed by atoms with Gasteiger partial charge < -0.3 is 20.6 Å². The van der Waals surface area contributed by atoms with Crippen LogP contribution in [0.1, 0.15) is 44.9 Å². The summed E-state index contributed by atoms with van der Waals surface area (Å²) in [5.74, 6) is -1.20. The highest BCUT2D eigenvalue weighted by atomic mass is 16.4. The highest BCUT2D eigenvalue weighted by molar-refractivity contribution is 5.88. The van der Waals surface area contributed by atoms with E-state index in [-0.39, 0.29) is 18.5 Å². The van der Waals surface area contributed by atoms with Crippen molar-refractivity contribution in [2.24, 2.45) is 0 Å². The Bertz CT molecular complexity index is 428. The number of carboxylic acid groups (broad SMARTS) is 1. The minimum Gasteiger partial charge on any atom is -0.480 e. The largest absolute Gasteiger partial charge is 0.480 e. The number of carboxylic acids is 1. The van der Waals surface area contributed by atoms with E-state index in [0.29, 0.717) is 12.8 Å². The van der Waals surface area contributed by atoms with Gasteiger partial charge in [-0.3, -0.25) is 4.79 Å². The number of aliphatic carboxylic acids is 1. The van der Waals surface area contributed by atoms with Crippen molar-refractivity contribution in [2.45, 2.75) is 56.5 Å². The van der Waals surface area contributed by atoms with E-state index < -0.39 is 17.5 Å². The lowest BCUT2D eigenvalue weighted by molar-refractivity contribution is -0.145. The molecular weight excluding hydrogens is 274 g/mol. The van der Waals surface area contributed by atoms with Gasteiger partial charge in [0.1, 0.15) is 12.1 Å². The molecule has 2 aliphatic rings. The summed E-state index contributed by atoms with van der Waals surface area (Å²) in [6.07, 6.45) is 5.43. The van der Waals surface area contributed by atoms with Crippen molar-refractivity contribution < 1.29 is 19.5 Å². The van der Waals surface area contributed by atoms with Crippen LogP contribution in [-0.4, -0.2) is 53.1 Å². The van der Waals surface area contributed by atoms with Crippen LogP contribution in [0.15, 0.2) is 0 Å². The van der Waals surface area contributed by atoms with E-state index in [1.807, 2.05) is 0 Å². The van der Waals surface area contributed by atoms with E-state index in [1.54, 1.807) is 0 Å². The van der Waals surface area contributed by atoms with Crippen molar-refractivity contribution in [3.05, 3.63) is 0 Å². The number of hydrogen-bond acceptors (Lipinski definition) is 3. The van der Waals surface area contributed by atoms with Crippen LogP contribution in [0.2, 0.25) is 0 Å². The minimum absolute atomic E-state index is 0.0575. The molecule has 0 aromatic rings. The number of rotatable bonds is 5. The topological polar surface area (TPSA) is 98.7 Å². The SMILES string of the molecule is CN(CC(=O)NC1CC1)C(=O)NC1(C(=O)O)CCCCC1. The predicted octanol–water partition coefficient (Wildman–Crippen LogP) is 0.694.